The van der Waals surface area contributed by atoms with E-state index >= 15 is 0 Å². The van der Waals surface area contributed by atoms with Gasteiger partial charge in [-0.3, -0.25) is 4.79 Å². The third-order valence-electron chi connectivity index (χ3n) is 2.37. The molecular formula is C12H17NO4. The van der Waals surface area contributed by atoms with Gasteiger partial charge in [0.15, 0.2) is 0 Å². The Bertz CT molecular complexity index is 390. The van der Waals surface area contributed by atoms with Crippen molar-refractivity contribution in [1.29, 1.82) is 0 Å². The summed E-state index contributed by atoms with van der Waals surface area (Å²) in [5.41, 5.74) is 4.96. The van der Waals surface area contributed by atoms with Crippen LogP contribution in [0.15, 0.2) is 24.3 Å². The Hall–Kier alpha value is -1.59. The van der Waals surface area contributed by atoms with E-state index in [1.165, 1.54) is 6.92 Å². The standard InChI is InChI=1S/C12H17NO4/c1-12(13,11(15)16)8-17-10-5-3-2-4-9(10)6-7-14/h2-5,14H,6-8,13H2,1H3,(H,15,16). The molecule has 1 unspecified atom stereocenters. The number of carboxylic acids is 1. The van der Waals surface area contributed by atoms with Crippen LogP contribution in [-0.4, -0.2) is 34.9 Å². The number of benzene rings is 1. The highest BCUT2D eigenvalue weighted by molar-refractivity contribution is 5.78. The molecule has 0 heterocycles. The van der Waals surface area contributed by atoms with Crippen molar-refractivity contribution in [3.63, 3.8) is 0 Å². The first-order chi connectivity index (χ1) is 7.97. The smallest absolute Gasteiger partial charge is 0.326 e. The molecule has 94 valence electrons. The van der Waals surface area contributed by atoms with Gasteiger partial charge in [0.25, 0.3) is 0 Å². The molecule has 0 amide bonds. The van der Waals surface area contributed by atoms with Crippen LogP contribution < -0.4 is 10.5 Å². The van der Waals surface area contributed by atoms with Crippen LogP contribution in [0.1, 0.15) is 12.5 Å². The number of hydrogen-bond acceptors (Lipinski definition) is 4. The average molecular weight is 239 g/mol. The average Bonchev–Trinajstić information content (AvgIpc) is 2.28. The summed E-state index contributed by atoms with van der Waals surface area (Å²) in [6.07, 6.45) is 0.463. The van der Waals surface area contributed by atoms with E-state index in [1.807, 2.05) is 12.1 Å². The maximum Gasteiger partial charge on any atom is 0.326 e. The predicted octanol–water partition coefficient (Wildman–Crippen LogP) is 0.402. The number of hydrogen-bond donors (Lipinski definition) is 3. The van der Waals surface area contributed by atoms with E-state index in [0.717, 1.165) is 5.56 Å². The zero-order chi connectivity index (χ0) is 12.9. The van der Waals surface area contributed by atoms with Crippen LogP contribution in [0.25, 0.3) is 0 Å². The van der Waals surface area contributed by atoms with Gasteiger partial charge < -0.3 is 20.7 Å². The molecule has 0 fully saturated rings. The predicted molar refractivity (Wildman–Crippen MR) is 63.0 cm³/mol. The first kappa shape index (κ1) is 13.5. The van der Waals surface area contributed by atoms with Gasteiger partial charge in [0.05, 0.1) is 0 Å². The van der Waals surface area contributed by atoms with Gasteiger partial charge in [-0.15, -0.1) is 0 Å². The fourth-order valence-electron chi connectivity index (χ4n) is 1.26. The van der Waals surface area contributed by atoms with Crippen molar-refractivity contribution < 1.29 is 19.7 Å². The molecule has 0 aromatic heterocycles. The molecule has 17 heavy (non-hydrogen) atoms. The van der Waals surface area contributed by atoms with E-state index < -0.39 is 11.5 Å². The maximum atomic E-state index is 10.8. The summed E-state index contributed by atoms with van der Waals surface area (Å²) in [4.78, 5) is 10.8. The molecule has 1 aromatic carbocycles. The van der Waals surface area contributed by atoms with Crippen molar-refractivity contribution in [2.45, 2.75) is 18.9 Å². The molecule has 0 spiro atoms. The highest BCUT2D eigenvalue weighted by Crippen LogP contribution is 2.19. The number of carboxylic acid groups (broad SMARTS) is 1. The maximum absolute atomic E-state index is 10.8. The van der Waals surface area contributed by atoms with Crippen molar-refractivity contribution in [3.8, 4) is 5.75 Å². The molecule has 0 aliphatic carbocycles. The Balaban J connectivity index is 2.72. The first-order valence-electron chi connectivity index (χ1n) is 5.31. The lowest BCUT2D eigenvalue weighted by atomic mass is 10.1. The topological polar surface area (TPSA) is 92.8 Å². The lowest BCUT2D eigenvalue weighted by Crippen LogP contribution is -2.50. The number of aliphatic hydroxyl groups is 1. The number of nitrogens with two attached hydrogens (primary N) is 1. The van der Waals surface area contributed by atoms with Gasteiger partial charge in [0.2, 0.25) is 0 Å². The summed E-state index contributed by atoms with van der Waals surface area (Å²) in [5.74, 6) is -0.559. The monoisotopic (exact) mass is 239 g/mol. The molecule has 1 rings (SSSR count). The second-order valence-electron chi connectivity index (χ2n) is 4.09. The summed E-state index contributed by atoms with van der Waals surface area (Å²) >= 11 is 0. The highest BCUT2D eigenvalue weighted by atomic mass is 16.5. The number of ether oxygens (including phenoxy) is 1. The molecule has 0 bridgehead atoms. The highest BCUT2D eigenvalue weighted by Gasteiger charge is 2.29. The van der Waals surface area contributed by atoms with E-state index in [2.05, 4.69) is 0 Å². The van der Waals surface area contributed by atoms with E-state index in [9.17, 15) is 4.79 Å². The lowest BCUT2D eigenvalue weighted by Gasteiger charge is -2.20. The fourth-order valence-corrected chi connectivity index (χ4v) is 1.26. The minimum atomic E-state index is -1.42. The van der Waals surface area contributed by atoms with Crippen LogP contribution >= 0.6 is 0 Å². The minimum absolute atomic E-state index is 0.0131. The van der Waals surface area contributed by atoms with Crippen molar-refractivity contribution in [3.05, 3.63) is 29.8 Å². The molecule has 4 N–H and O–H groups in total. The van der Waals surface area contributed by atoms with Crippen LogP contribution in [-0.2, 0) is 11.2 Å². The Morgan fingerprint density at radius 3 is 2.71 bits per heavy atom. The molecule has 5 nitrogen and oxygen atoms in total. The lowest BCUT2D eigenvalue weighted by molar-refractivity contribution is -0.143. The summed E-state index contributed by atoms with van der Waals surface area (Å²) in [7, 11) is 0. The summed E-state index contributed by atoms with van der Waals surface area (Å²) in [6, 6.07) is 7.16. The molecule has 5 heteroatoms. The molecule has 1 aromatic rings. The zero-order valence-electron chi connectivity index (χ0n) is 9.72. The quantitative estimate of drug-likeness (QED) is 0.668. The van der Waals surface area contributed by atoms with Crippen LogP contribution in [0.4, 0.5) is 0 Å². The number of rotatable bonds is 6. The Morgan fingerprint density at radius 1 is 1.47 bits per heavy atom. The fraction of sp³-hybridized carbons (Fsp3) is 0.417. The summed E-state index contributed by atoms with van der Waals surface area (Å²) in [6.45, 7) is 1.29. The SMILES string of the molecule is CC(N)(COc1ccccc1CCO)C(=O)O. The second kappa shape index (κ2) is 5.65. The van der Waals surface area contributed by atoms with Gasteiger partial charge in [0, 0.05) is 6.61 Å². The molecular weight excluding hydrogens is 222 g/mol. The van der Waals surface area contributed by atoms with E-state index in [-0.39, 0.29) is 13.2 Å². The first-order valence-corrected chi connectivity index (χ1v) is 5.31. The van der Waals surface area contributed by atoms with Crippen LogP contribution in [0.5, 0.6) is 5.75 Å². The molecule has 1 atom stereocenters. The van der Waals surface area contributed by atoms with Gasteiger partial charge in [-0.25, -0.2) is 0 Å². The van der Waals surface area contributed by atoms with Gasteiger partial charge >= 0.3 is 5.97 Å². The van der Waals surface area contributed by atoms with Gasteiger partial charge in [-0.1, -0.05) is 18.2 Å². The Kier molecular flexibility index (Phi) is 4.48. The van der Waals surface area contributed by atoms with Gasteiger partial charge in [0.1, 0.15) is 17.9 Å². The van der Waals surface area contributed by atoms with Gasteiger partial charge in [-0.05, 0) is 25.0 Å². The molecule has 0 radical (unpaired) electrons. The van der Waals surface area contributed by atoms with Crippen molar-refractivity contribution in [1.82, 2.24) is 0 Å². The second-order valence-corrected chi connectivity index (χ2v) is 4.09. The largest absolute Gasteiger partial charge is 0.491 e. The Labute approximate surface area is 99.8 Å². The number of carbonyl (C=O) groups is 1. The molecule has 0 saturated heterocycles. The number of aliphatic carboxylic acids is 1. The third kappa shape index (κ3) is 3.72. The Morgan fingerprint density at radius 2 is 2.12 bits per heavy atom. The van der Waals surface area contributed by atoms with Gasteiger partial charge in [-0.2, -0.15) is 0 Å². The van der Waals surface area contributed by atoms with Crippen molar-refractivity contribution >= 4 is 5.97 Å². The van der Waals surface area contributed by atoms with Crippen LogP contribution in [0.3, 0.4) is 0 Å². The summed E-state index contributed by atoms with van der Waals surface area (Å²) < 4.78 is 5.40. The number of aliphatic hydroxyl groups excluding tert-OH is 1. The molecule has 0 saturated carbocycles. The van der Waals surface area contributed by atoms with Crippen molar-refractivity contribution in [2.24, 2.45) is 5.73 Å². The molecule has 0 aliphatic rings. The van der Waals surface area contributed by atoms with E-state index in [1.54, 1.807) is 12.1 Å². The normalized spacial score (nSPS) is 14.1. The van der Waals surface area contributed by atoms with Crippen LogP contribution in [0.2, 0.25) is 0 Å². The number of para-hydroxylation sites is 1. The van der Waals surface area contributed by atoms with E-state index in [0.29, 0.717) is 12.2 Å². The zero-order valence-corrected chi connectivity index (χ0v) is 9.72. The molecule has 0 aliphatic heterocycles. The van der Waals surface area contributed by atoms with E-state index in [4.69, 9.17) is 20.7 Å². The third-order valence-corrected chi connectivity index (χ3v) is 2.37. The minimum Gasteiger partial charge on any atom is -0.491 e. The van der Waals surface area contributed by atoms with Crippen molar-refractivity contribution in [2.75, 3.05) is 13.2 Å². The van der Waals surface area contributed by atoms with Crippen LogP contribution in [0, 0.1) is 0 Å². The summed E-state index contributed by atoms with van der Waals surface area (Å²) in [5, 5.41) is 17.7.